The Bertz CT molecular complexity index is 1750. The van der Waals surface area contributed by atoms with Crippen molar-refractivity contribution in [1.29, 1.82) is 0 Å². The van der Waals surface area contributed by atoms with Crippen molar-refractivity contribution in [3.8, 4) is 0 Å². The molecule has 222 valence electrons. The lowest BCUT2D eigenvalue weighted by Crippen LogP contribution is -2.70. The van der Waals surface area contributed by atoms with Crippen molar-refractivity contribution >= 4 is 17.7 Å². The lowest BCUT2D eigenvalue weighted by atomic mass is 9.75. The number of aromatic nitrogens is 4. The van der Waals surface area contributed by atoms with Gasteiger partial charge in [-0.3, -0.25) is 10.1 Å². The summed E-state index contributed by atoms with van der Waals surface area (Å²) in [6.07, 6.45) is 0. The van der Waals surface area contributed by atoms with Crippen molar-refractivity contribution in [3.63, 3.8) is 0 Å². The fraction of sp³-hybridized carbons (Fsp3) is 0.257. The van der Waals surface area contributed by atoms with Crippen LogP contribution in [0.2, 0.25) is 0 Å². The molecule has 9 heteroatoms. The van der Waals surface area contributed by atoms with Gasteiger partial charge < -0.3 is 4.90 Å². The largest absolute Gasteiger partial charge is 0.315 e. The zero-order chi connectivity index (χ0) is 30.5. The molecular weight excluding hydrogens is 571 g/mol. The van der Waals surface area contributed by atoms with Gasteiger partial charge in [0.05, 0.1) is 12.1 Å². The first kappa shape index (κ1) is 28.4. The van der Waals surface area contributed by atoms with Crippen molar-refractivity contribution in [2.75, 3.05) is 0 Å². The summed E-state index contributed by atoms with van der Waals surface area (Å²) < 4.78 is 17.3. The van der Waals surface area contributed by atoms with Crippen LogP contribution >= 0.6 is 11.8 Å². The molecule has 1 aromatic heterocycles. The summed E-state index contributed by atoms with van der Waals surface area (Å²) in [6, 6.07) is 33.8. The molecule has 2 aliphatic rings. The first-order valence-electron chi connectivity index (χ1n) is 14.7. The number of hydrogen-bond acceptors (Lipinski definition) is 6. The number of aryl methyl sites for hydroxylation is 1. The number of carbonyl (C=O) groups is 1. The third kappa shape index (κ3) is 4.62. The maximum Gasteiger partial charge on any atom is 0.244 e. The van der Waals surface area contributed by atoms with Crippen molar-refractivity contribution in [2.45, 2.75) is 55.1 Å². The summed E-state index contributed by atoms with van der Waals surface area (Å²) in [7, 11) is 0. The molecule has 4 aromatic carbocycles. The van der Waals surface area contributed by atoms with Crippen LogP contribution in [0.4, 0.5) is 4.39 Å². The first-order chi connectivity index (χ1) is 21.3. The number of nitrogens with zero attached hydrogens (tertiary/aromatic N) is 5. The second kappa shape index (κ2) is 11.0. The SMILES string of the molecule is Cc1ccc(Cn2nnnc2C2N3C(=O)C(NC(c4ccccc4)(c4ccccc4)c4ccccc4F)[C@H]3SC2(C)C)cc1. The Kier molecular flexibility index (Phi) is 7.10. The highest BCUT2D eigenvalue weighted by Crippen LogP contribution is 2.57. The summed E-state index contributed by atoms with van der Waals surface area (Å²) >= 11 is 1.72. The van der Waals surface area contributed by atoms with Crippen LogP contribution in [0.3, 0.4) is 0 Å². The maximum absolute atomic E-state index is 15.8. The molecule has 0 radical (unpaired) electrons. The molecule has 1 N–H and O–H groups in total. The van der Waals surface area contributed by atoms with Gasteiger partial charge in [0.15, 0.2) is 5.82 Å². The third-order valence-corrected chi connectivity index (χ3v) is 10.3. The number of rotatable bonds is 8. The van der Waals surface area contributed by atoms with Crippen LogP contribution in [0.25, 0.3) is 0 Å². The van der Waals surface area contributed by atoms with Gasteiger partial charge in [0.25, 0.3) is 0 Å². The molecule has 2 saturated heterocycles. The molecule has 0 spiro atoms. The van der Waals surface area contributed by atoms with E-state index >= 15 is 4.39 Å². The van der Waals surface area contributed by atoms with Gasteiger partial charge in [-0.25, -0.2) is 9.07 Å². The van der Waals surface area contributed by atoms with E-state index in [1.807, 2.05) is 71.6 Å². The lowest BCUT2D eigenvalue weighted by molar-refractivity contribution is -0.150. The summed E-state index contributed by atoms with van der Waals surface area (Å²) in [5.41, 5.74) is 3.31. The number of nitrogens with one attached hydrogen (secondary N) is 1. The van der Waals surface area contributed by atoms with Crippen molar-refractivity contribution in [2.24, 2.45) is 0 Å². The average molecular weight is 605 g/mol. The minimum absolute atomic E-state index is 0.0597. The number of tetrazole rings is 1. The van der Waals surface area contributed by atoms with Crippen molar-refractivity contribution < 1.29 is 9.18 Å². The Morgan fingerprint density at radius 3 is 2.14 bits per heavy atom. The fourth-order valence-corrected chi connectivity index (χ4v) is 8.28. The molecule has 3 atom stereocenters. The Morgan fingerprint density at radius 1 is 0.886 bits per heavy atom. The van der Waals surface area contributed by atoms with Crippen LogP contribution in [-0.4, -0.2) is 47.2 Å². The van der Waals surface area contributed by atoms with E-state index in [4.69, 9.17) is 0 Å². The molecule has 2 fully saturated rings. The molecule has 0 aliphatic carbocycles. The monoisotopic (exact) mass is 604 g/mol. The molecule has 7 nitrogen and oxygen atoms in total. The average Bonchev–Trinajstić information content (AvgIpc) is 3.59. The number of thioether (sulfide) groups is 1. The number of hydrogen-bond donors (Lipinski definition) is 1. The van der Waals surface area contributed by atoms with Crippen LogP contribution in [-0.2, 0) is 16.9 Å². The van der Waals surface area contributed by atoms with Gasteiger partial charge in [0.2, 0.25) is 5.91 Å². The predicted octanol–water partition coefficient (Wildman–Crippen LogP) is 5.85. The van der Waals surface area contributed by atoms with Crippen LogP contribution in [0, 0.1) is 12.7 Å². The van der Waals surface area contributed by atoms with Crippen LogP contribution in [0.1, 0.15) is 53.5 Å². The summed E-state index contributed by atoms with van der Waals surface area (Å²) in [4.78, 5) is 16.2. The number of carbonyl (C=O) groups excluding carboxylic acids is 1. The highest BCUT2D eigenvalue weighted by molar-refractivity contribution is 8.01. The topological polar surface area (TPSA) is 75.9 Å². The Hall–Kier alpha value is -4.34. The van der Waals surface area contributed by atoms with E-state index < -0.39 is 11.6 Å². The molecule has 44 heavy (non-hydrogen) atoms. The van der Waals surface area contributed by atoms with Gasteiger partial charge in [0, 0.05) is 10.3 Å². The van der Waals surface area contributed by atoms with E-state index in [9.17, 15) is 4.79 Å². The van der Waals surface area contributed by atoms with E-state index in [-0.39, 0.29) is 27.9 Å². The Labute approximate surface area is 260 Å². The number of amides is 1. The van der Waals surface area contributed by atoms with Gasteiger partial charge in [-0.05, 0) is 54.0 Å². The summed E-state index contributed by atoms with van der Waals surface area (Å²) in [5.74, 6) is 0.253. The smallest absolute Gasteiger partial charge is 0.244 e. The Balaban J connectivity index is 1.28. The van der Waals surface area contributed by atoms with E-state index in [0.29, 0.717) is 17.9 Å². The summed E-state index contributed by atoms with van der Waals surface area (Å²) in [6.45, 7) is 6.83. The van der Waals surface area contributed by atoms with E-state index in [1.165, 1.54) is 11.6 Å². The highest BCUT2D eigenvalue weighted by Gasteiger charge is 2.64. The number of halogens is 1. The van der Waals surface area contributed by atoms with Crippen molar-refractivity contribution in [1.82, 2.24) is 30.4 Å². The molecule has 0 saturated carbocycles. The van der Waals surface area contributed by atoms with Gasteiger partial charge in [-0.2, -0.15) is 0 Å². The summed E-state index contributed by atoms with van der Waals surface area (Å²) in [5, 5.41) is 16.3. The molecule has 2 unspecified atom stereocenters. The molecular formula is C35H33FN6OS. The third-order valence-electron chi connectivity index (χ3n) is 8.76. The quantitative estimate of drug-likeness (QED) is 0.177. The molecule has 1 amide bonds. The zero-order valence-electron chi connectivity index (χ0n) is 24.8. The minimum Gasteiger partial charge on any atom is -0.315 e. The van der Waals surface area contributed by atoms with Crippen molar-refractivity contribution in [3.05, 3.63) is 149 Å². The second-order valence-electron chi connectivity index (χ2n) is 12.0. The minimum atomic E-state index is -1.11. The highest BCUT2D eigenvalue weighted by atomic mass is 32.2. The van der Waals surface area contributed by atoms with Crippen LogP contribution in [0.5, 0.6) is 0 Å². The van der Waals surface area contributed by atoms with Gasteiger partial charge in [0.1, 0.15) is 23.3 Å². The van der Waals surface area contributed by atoms with E-state index in [1.54, 1.807) is 28.6 Å². The molecule has 3 heterocycles. The molecule has 0 bridgehead atoms. The lowest BCUT2D eigenvalue weighted by Gasteiger charge is -2.49. The normalized spacial score (nSPS) is 20.8. The van der Waals surface area contributed by atoms with Gasteiger partial charge in [-0.1, -0.05) is 109 Å². The number of benzene rings is 4. The zero-order valence-corrected chi connectivity index (χ0v) is 25.6. The Morgan fingerprint density at radius 2 is 1.50 bits per heavy atom. The fourth-order valence-electron chi connectivity index (χ4n) is 6.65. The van der Waals surface area contributed by atoms with Gasteiger partial charge >= 0.3 is 0 Å². The first-order valence-corrected chi connectivity index (χ1v) is 15.6. The van der Waals surface area contributed by atoms with Crippen LogP contribution in [0.15, 0.2) is 109 Å². The second-order valence-corrected chi connectivity index (χ2v) is 13.8. The predicted molar refractivity (Wildman–Crippen MR) is 169 cm³/mol. The molecule has 2 aliphatic heterocycles. The number of β-lactam (4-membered cyclic amide) rings is 1. The standard InChI is InChI=1S/C35H33FN6OS/c1-23-18-20-24(21-19-23)22-41-31(38-39-40-41)30-34(2,3)44-33-29(32(43)42(30)33)37-35(25-12-6-4-7-13-25,26-14-8-5-9-15-26)27-16-10-11-17-28(27)36/h4-21,29-30,33,37H,22H2,1-3H3/t29?,30?,33-/m1/s1. The van der Waals surface area contributed by atoms with E-state index in [0.717, 1.165) is 16.7 Å². The van der Waals surface area contributed by atoms with Crippen LogP contribution < -0.4 is 5.32 Å². The van der Waals surface area contributed by atoms with E-state index in [2.05, 4.69) is 65.9 Å². The molecule has 7 rings (SSSR count). The molecule has 5 aromatic rings. The number of fused-ring (bicyclic) bond motifs is 1. The van der Waals surface area contributed by atoms with Gasteiger partial charge in [-0.15, -0.1) is 16.9 Å². The maximum atomic E-state index is 15.8.